The van der Waals surface area contributed by atoms with Gasteiger partial charge in [-0.2, -0.15) is 0 Å². The Balaban J connectivity index is 1.61. The lowest BCUT2D eigenvalue weighted by Crippen LogP contribution is -2.45. The first-order valence-corrected chi connectivity index (χ1v) is 9.38. The summed E-state index contributed by atoms with van der Waals surface area (Å²) in [5.41, 5.74) is 6.23. The zero-order chi connectivity index (χ0) is 18.5. The lowest BCUT2D eigenvalue weighted by atomic mass is 10.1. The molecule has 2 aromatic rings. The number of rotatable bonds is 7. The Labute approximate surface area is 155 Å². The summed E-state index contributed by atoms with van der Waals surface area (Å²) in [5.74, 6) is -0.811. The molecule has 1 fully saturated rings. The second-order valence-corrected chi connectivity index (χ2v) is 7.52. The molecule has 1 aromatic heterocycles. The van der Waals surface area contributed by atoms with Gasteiger partial charge in [0.25, 0.3) is 5.91 Å². The van der Waals surface area contributed by atoms with Gasteiger partial charge >= 0.3 is 0 Å². The fraction of sp³-hybridized carbons (Fsp3) is 0.389. The predicted octanol–water partition coefficient (Wildman–Crippen LogP) is 1.27. The zero-order valence-corrected chi connectivity index (χ0v) is 15.2. The molecule has 26 heavy (non-hydrogen) atoms. The molecule has 1 aromatic carbocycles. The Morgan fingerprint density at radius 2 is 1.96 bits per heavy atom. The van der Waals surface area contributed by atoms with Crippen molar-refractivity contribution < 1.29 is 14.7 Å². The van der Waals surface area contributed by atoms with Crippen molar-refractivity contribution in [2.24, 2.45) is 5.73 Å². The monoisotopic (exact) mass is 374 g/mol. The Morgan fingerprint density at radius 3 is 2.62 bits per heavy atom. The second kappa shape index (κ2) is 8.29. The van der Waals surface area contributed by atoms with Crippen molar-refractivity contribution in [3.8, 4) is 5.75 Å². The van der Waals surface area contributed by atoms with E-state index in [0.717, 1.165) is 30.2 Å². The van der Waals surface area contributed by atoms with Gasteiger partial charge in [-0.25, -0.2) is 4.98 Å². The van der Waals surface area contributed by atoms with Crippen LogP contribution in [0.5, 0.6) is 5.75 Å². The Bertz CT molecular complexity index is 769. The van der Waals surface area contributed by atoms with Crippen molar-refractivity contribution in [3.05, 3.63) is 45.9 Å². The van der Waals surface area contributed by atoms with E-state index in [9.17, 15) is 14.7 Å². The third-order valence-corrected chi connectivity index (χ3v) is 5.34. The maximum atomic E-state index is 12.5. The molecule has 0 unspecified atom stereocenters. The van der Waals surface area contributed by atoms with Crippen LogP contribution in [-0.4, -0.2) is 45.9 Å². The highest BCUT2D eigenvalue weighted by Gasteiger charge is 2.21. The van der Waals surface area contributed by atoms with Crippen LogP contribution in [-0.2, 0) is 17.8 Å². The number of phenols is 1. The van der Waals surface area contributed by atoms with Crippen LogP contribution in [0.2, 0.25) is 0 Å². The molecule has 0 saturated carbocycles. The standard InChI is InChI=1S/C18H22N4O3S/c19-17(24)14(9-12-3-5-13(23)6-4-12)21-18(25)15-10-20-16(26-15)11-22-7-1-2-8-22/h3-6,10,14,23H,1-2,7-9,11H2,(H2,19,24)(H,21,25)/t14-/m0/s1. The van der Waals surface area contributed by atoms with E-state index in [1.165, 1.54) is 36.3 Å². The number of likely N-dealkylation sites (tertiary alicyclic amines) is 1. The molecule has 1 aliphatic rings. The van der Waals surface area contributed by atoms with Gasteiger partial charge in [-0.3, -0.25) is 14.5 Å². The summed E-state index contributed by atoms with van der Waals surface area (Å²) < 4.78 is 0. The van der Waals surface area contributed by atoms with Crippen molar-refractivity contribution in [1.29, 1.82) is 0 Å². The smallest absolute Gasteiger partial charge is 0.263 e. The number of carbonyl (C=O) groups is 2. The van der Waals surface area contributed by atoms with Crippen LogP contribution < -0.4 is 11.1 Å². The highest BCUT2D eigenvalue weighted by atomic mass is 32.1. The van der Waals surface area contributed by atoms with Crippen LogP contribution in [0.4, 0.5) is 0 Å². The zero-order valence-electron chi connectivity index (χ0n) is 14.4. The molecule has 4 N–H and O–H groups in total. The highest BCUT2D eigenvalue weighted by molar-refractivity contribution is 7.13. The third kappa shape index (κ3) is 4.80. The minimum absolute atomic E-state index is 0.142. The Hall–Kier alpha value is -2.45. The van der Waals surface area contributed by atoms with E-state index in [2.05, 4.69) is 15.2 Å². The topological polar surface area (TPSA) is 109 Å². The average Bonchev–Trinajstić information content (AvgIpc) is 3.28. The molecule has 8 heteroatoms. The van der Waals surface area contributed by atoms with E-state index in [0.29, 0.717) is 4.88 Å². The van der Waals surface area contributed by atoms with E-state index in [1.807, 2.05) is 0 Å². The number of aromatic hydroxyl groups is 1. The van der Waals surface area contributed by atoms with E-state index in [-0.39, 0.29) is 18.1 Å². The number of hydrogen-bond donors (Lipinski definition) is 3. The first-order valence-electron chi connectivity index (χ1n) is 8.56. The third-order valence-electron chi connectivity index (χ3n) is 4.36. The number of benzene rings is 1. The fourth-order valence-electron chi connectivity index (χ4n) is 2.94. The molecule has 0 aliphatic carbocycles. The Morgan fingerprint density at radius 1 is 1.27 bits per heavy atom. The molecular weight excluding hydrogens is 352 g/mol. The number of phenolic OH excluding ortho intramolecular Hbond substituents is 1. The van der Waals surface area contributed by atoms with E-state index >= 15 is 0 Å². The van der Waals surface area contributed by atoms with Gasteiger partial charge in [0.15, 0.2) is 0 Å². The normalized spacial score (nSPS) is 15.7. The molecular formula is C18H22N4O3S. The van der Waals surface area contributed by atoms with Crippen LogP contribution in [0.1, 0.15) is 33.1 Å². The molecule has 0 radical (unpaired) electrons. The number of amides is 2. The molecule has 3 rings (SSSR count). The van der Waals surface area contributed by atoms with Crippen molar-refractivity contribution >= 4 is 23.2 Å². The summed E-state index contributed by atoms with van der Waals surface area (Å²) in [6, 6.07) is 5.62. The first kappa shape index (κ1) is 18.3. The summed E-state index contributed by atoms with van der Waals surface area (Å²) in [6.45, 7) is 2.89. The van der Waals surface area contributed by atoms with Gasteiger partial charge in [0.05, 0.1) is 12.7 Å². The van der Waals surface area contributed by atoms with Crippen LogP contribution in [0.3, 0.4) is 0 Å². The minimum atomic E-state index is -0.823. The van der Waals surface area contributed by atoms with Crippen LogP contribution in [0.25, 0.3) is 0 Å². The number of nitrogens with two attached hydrogens (primary N) is 1. The molecule has 0 spiro atoms. The summed E-state index contributed by atoms with van der Waals surface area (Å²) in [7, 11) is 0. The first-order chi connectivity index (χ1) is 12.5. The fourth-order valence-corrected chi connectivity index (χ4v) is 3.80. The number of aromatic nitrogens is 1. The SMILES string of the molecule is NC(=O)[C@H](Cc1ccc(O)cc1)NC(=O)c1cnc(CN2CCCC2)s1. The van der Waals surface area contributed by atoms with Crippen LogP contribution in [0.15, 0.2) is 30.5 Å². The maximum absolute atomic E-state index is 12.5. The van der Waals surface area contributed by atoms with Crippen molar-refractivity contribution in [3.63, 3.8) is 0 Å². The van der Waals surface area contributed by atoms with Crippen LogP contribution in [0, 0.1) is 0 Å². The quantitative estimate of drug-likeness (QED) is 0.676. The van der Waals surface area contributed by atoms with Gasteiger partial charge in [-0.05, 0) is 43.6 Å². The van der Waals surface area contributed by atoms with Crippen molar-refractivity contribution in [2.75, 3.05) is 13.1 Å². The summed E-state index contributed by atoms with van der Waals surface area (Å²) in [4.78, 5) is 31.3. The molecule has 1 saturated heterocycles. The number of hydrogen-bond acceptors (Lipinski definition) is 6. The molecule has 1 aliphatic heterocycles. The summed E-state index contributed by atoms with van der Waals surface area (Å²) >= 11 is 1.34. The van der Waals surface area contributed by atoms with Gasteiger partial charge in [0.1, 0.15) is 21.7 Å². The second-order valence-electron chi connectivity index (χ2n) is 6.40. The van der Waals surface area contributed by atoms with Crippen molar-refractivity contribution in [2.45, 2.75) is 31.8 Å². The van der Waals surface area contributed by atoms with Gasteiger partial charge in [-0.15, -0.1) is 11.3 Å². The number of nitrogens with zero attached hydrogens (tertiary/aromatic N) is 2. The number of primary amides is 1. The van der Waals surface area contributed by atoms with Crippen molar-refractivity contribution in [1.82, 2.24) is 15.2 Å². The lowest BCUT2D eigenvalue weighted by molar-refractivity contribution is -0.119. The van der Waals surface area contributed by atoms with Gasteiger partial charge in [0.2, 0.25) is 5.91 Å². The number of thiazole rings is 1. The van der Waals surface area contributed by atoms with E-state index in [4.69, 9.17) is 5.73 Å². The highest BCUT2D eigenvalue weighted by Crippen LogP contribution is 2.18. The summed E-state index contributed by atoms with van der Waals surface area (Å²) in [6.07, 6.45) is 4.22. The predicted molar refractivity (Wildman–Crippen MR) is 98.9 cm³/mol. The number of carbonyl (C=O) groups excluding carboxylic acids is 2. The molecule has 138 valence electrons. The minimum Gasteiger partial charge on any atom is -0.508 e. The summed E-state index contributed by atoms with van der Waals surface area (Å²) in [5, 5.41) is 12.9. The largest absolute Gasteiger partial charge is 0.508 e. The molecule has 2 amide bonds. The number of nitrogens with one attached hydrogen (secondary N) is 1. The lowest BCUT2D eigenvalue weighted by Gasteiger charge is -2.15. The molecule has 0 bridgehead atoms. The van der Waals surface area contributed by atoms with Gasteiger partial charge in [0, 0.05) is 6.42 Å². The van der Waals surface area contributed by atoms with Crippen LogP contribution >= 0.6 is 11.3 Å². The average molecular weight is 374 g/mol. The molecule has 2 heterocycles. The van der Waals surface area contributed by atoms with E-state index in [1.54, 1.807) is 18.3 Å². The Kier molecular flexibility index (Phi) is 5.85. The molecule has 1 atom stereocenters. The van der Waals surface area contributed by atoms with E-state index < -0.39 is 11.9 Å². The maximum Gasteiger partial charge on any atom is 0.263 e. The molecule has 7 nitrogen and oxygen atoms in total. The van der Waals surface area contributed by atoms with Gasteiger partial charge < -0.3 is 16.2 Å². The van der Waals surface area contributed by atoms with Gasteiger partial charge in [-0.1, -0.05) is 12.1 Å².